The molecule has 0 bridgehead atoms. The number of hydrogen-bond donors (Lipinski definition) is 1. The molecule has 19 heavy (non-hydrogen) atoms. The first-order chi connectivity index (χ1) is 9.27. The number of ether oxygens (including phenoxy) is 1. The fraction of sp³-hybridized carbons (Fsp3) is 0.667. The molecule has 2 fully saturated rings. The van der Waals surface area contributed by atoms with E-state index < -0.39 is 0 Å². The lowest BCUT2D eigenvalue weighted by molar-refractivity contribution is -0.0712. The summed E-state index contributed by atoms with van der Waals surface area (Å²) in [4.78, 5) is 4.44. The SMILES string of the molecule is C[C@@H](NC1CCOC2(CCSC2)C1)c1ccccn1. The molecular weight excluding hydrogens is 256 g/mol. The minimum absolute atomic E-state index is 0.157. The van der Waals surface area contributed by atoms with E-state index in [1.54, 1.807) is 0 Å². The second-order valence-corrected chi connectivity index (χ2v) is 6.77. The van der Waals surface area contributed by atoms with Crippen molar-refractivity contribution in [2.75, 3.05) is 18.1 Å². The summed E-state index contributed by atoms with van der Waals surface area (Å²) in [6.45, 7) is 3.10. The average molecular weight is 278 g/mol. The molecule has 0 aliphatic carbocycles. The number of thioether (sulfide) groups is 1. The van der Waals surface area contributed by atoms with Crippen LogP contribution in [-0.2, 0) is 4.74 Å². The van der Waals surface area contributed by atoms with Gasteiger partial charge < -0.3 is 10.1 Å². The Morgan fingerprint density at radius 2 is 2.47 bits per heavy atom. The molecule has 0 amide bonds. The van der Waals surface area contributed by atoms with E-state index in [-0.39, 0.29) is 5.60 Å². The first-order valence-corrected chi connectivity index (χ1v) is 8.32. The van der Waals surface area contributed by atoms with Crippen molar-refractivity contribution in [2.45, 2.75) is 43.9 Å². The molecule has 1 aromatic rings. The van der Waals surface area contributed by atoms with E-state index in [2.05, 4.69) is 29.4 Å². The van der Waals surface area contributed by atoms with Gasteiger partial charge in [-0.3, -0.25) is 4.98 Å². The van der Waals surface area contributed by atoms with Crippen molar-refractivity contribution in [3.8, 4) is 0 Å². The lowest BCUT2D eigenvalue weighted by Crippen LogP contribution is -2.47. The molecule has 3 nitrogen and oxygen atoms in total. The van der Waals surface area contributed by atoms with E-state index in [9.17, 15) is 0 Å². The predicted molar refractivity (Wildman–Crippen MR) is 79.4 cm³/mol. The van der Waals surface area contributed by atoms with Crippen molar-refractivity contribution in [3.05, 3.63) is 30.1 Å². The molecule has 0 saturated carbocycles. The smallest absolute Gasteiger partial charge is 0.0795 e. The Balaban J connectivity index is 1.60. The Hall–Kier alpha value is -0.580. The molecule has 2 aliphatic heterocycles. The van der Waals surface area contributed by atoms with Gasteiger partial charge in [0.1, 0.15) is 0 Å². The van der Waals surface area contributed by atoms with E-state index in [1.807, 2.05) is 24.0 Å². The Kier molecular flexibility index (Phi) is 4.10. The highest BCUT2D eigenvalue weighted by atomic mass is 32.2. The molecule has 1 aromatic heterocycles. The summed E-state index contributed by atoms with van der Waals surface area (Å²) in [5.74, 6) is 2.42. The van der Waals surface area contributed by atoms with Gasteiger partial charge in [-0.25, -0.2) is 0 Å². The van der Waals surface area contributed by atoms with Gasteiger partial charge in [-0.1, -0.05) is 6.07 Å². The summed E-state index contributed by atoms with van der Waals surface area (Å²) < 4.78 is 6.07. The van der Waals surface area contributed by atoms with E-state index in [1.165, 1.54) is 17.9 Å². The largest absolute Gasteiger partial charge is 0.374 e. The summed E-state index contributed by atoms with van der Waals surface area (Å²) in [6, 6.07) is 6.99. The van der Waals surface area contributed by atoms with Crippen molar-refractivity contribution in [2.24, 2.45) is 0 Å². The summed E-state index contributed by atoms with van der Waals surface area (Å²) in [5.41, 5.74) is 1.29. The predicted octanol–water partition coefficient (Wildman–Crippen LogP) is 2.79. The zero-order valence-electron chi connectivity index (χ0n) is 11.5. The topological polar surface area (TPSA) is 34.1 Å². The Labute approximate surface area is 119 Å². The van der Waals surface area contributed by atoms with Gasteiger partial charge in [-0.05, 0) is 44.1 Å². The maximum atomic E-state index is 6.07. The van der Waals surface area contributed by atoms with Crippen molar-refractivity contribution < 1.29 is 4.74 Å². The van der Waals surface area contributed by atoms with Crippen LogP contribution in [0.1, 0.15) is 37.9 Å². The van der Waals surface area contributed by atoms with Crippen LogP contribution in [0, 0.1) is 0 Å². The third-order valence-electron chi connectivity index (χ3n) is 4.18. The summed E-state index contributed by atoms with van der Waals surface area (Å²) in [7, 11) is 0. The molecule has 1 spiro atoms. The zero-order chi connectivity index (χ0) is 13.1. The first kappa shape index (κ1) is 13.4. The maximum absolute atomic E-state index is 6.07. The van der Waals surface area contributed by atoms with Crippen LogP contribution in [0.2, 0.25) is 0 Å². The standard InChI is InChI=1S/C15H22N2OS/c1-12(14-4-2-3-7-16-14)17-13-5-8-18-15(10-13)6-9-19-11-15/h2-4,7,12-13,17H,5-6,8-11H2,1H3/t12-,13?,15?/m1/s1. The quantitative estimate of drug-likeness (QED) is 0.922. The molecule has 104 valence electrons. The molecule has 0 radical (unpaired) electrons. The van der Waals surface area contributed by atoms with Crippen molar-refractivity contribution in [1.29, 1.82) is 0 Å². The second-order valence-electron chi connectivity index (χ2n) is 5.67. The summed E-state index contributed by atoms with van der Waals surface area (Å²) in [5, 5.41) is 3.73. The van der Waals surface area contributed by atoms with Crippen LogP contribution in [0.5, 0.6) is 0 Å². The minimum atomic E-state index is 0.157. The van der Waals surface area contributed by atoms with E-state index in [0.717, 1.165) is 25.1 Å². The third kappa shape index (κ3) is 3.12. The first-order valence-electron chi connectivity index (χ1n) is 7.16. The molecule has 2 unspecified atom stereocenters. The van der Waals surface area contributed by atoms with Gasteiger partial charge in [0.05, 0.1) is 11.3 Å². The fourth-order valence-corrected chi connectivity index (χ4v) is 4.48. The van der Waals surface area contributed by atoms with Gasteiger partial charge in [0.25, 0.3) is 0 Å². The van der Waals surface area contributed by atoms with Crippen LogP contribution in [-0.4, -0.2) is 34.7 Å². The van der Waals surface area contributed by atoms with Crippen molar-refractivity contribution in [1.82, 2.24) is 10.3 Å². The molecule has 0 aromatic carbocycles. The number of nitrogens with one attached hydrogen (secondary N) is 1. The highest BCUT2D eigenvalue weighted by Crippen LogP contribution is 2.38. The number of pyridine rings is 1. The number of hydrogen-bond acceptors (Lipinski definition) is 4. The molecule has 3 atom stereocenters. The van der Waals surface area contributed by atoms with Gasteiger partial charge >= 0.3 is 0 Å². The monoisotopic (exact) mass is 278 g/mol. The number of aromatic nitrogens is 1. The van der Waals surface area contributed by atoms with Crippen LogP contribution in [0.3, 0.4) is 0 Å². The number of rotatable bonds is 3. The Bertz CT molecular complexity index is 406. The molecule has 3 heterocycles. The average Bonchev–Trinajstić information content (AvgIpc) is 2.88. The van der Waals surface area contributed by atoms with E-state index in [4.69, 9.17) is 4.74 Å². The molecule has 4 heteroatoms. The molecule has 2 aliphatic rings. The van der Waals surface area contributed by atoms with E-state index in [0.29, 0.717) is 12.1 Å². The third-order valence-corrected chi connectivity index (χ3v) is 5.40. The van der Waals surface area contributed by atoms with Crippen molar-refractivity contribution >= 4 is 11.8 Å². The van der Waals surface area contributed by atoms with Crippen LogP contribution in [0.25, 0.3) is 0 Å². The molecule has 1 N–H and O–H groups in total. The summed E-state index contributed by atoms with van der Waals surface area (Å²) in [6.07, 6.45) is 5.35. The number of nitrogens with zero attached hydrogens (tertiary/aromatic N) is 1. The molecular formula is C15H22N2OS. The Morgan fingerprint density at radius 3 is 3.21 bits per heavy atom. The molecule has 2 saturated heterocycles. The maximum Gasteiger partial charge on any atom is 0.0795 e. The minimum Gasteiger partial charge on any atom is -0.374 e. The van der Waals surface area contributed by atoms with Crippen LogP contribution in [0.15, 0.2) is 24.4 Å². The van der Waals surface area contributed by atoms with E-state index >= 15 is 0 Å². The van der Waals surface area contributed by atoms with Gasteiger partial charge in [0.2, 0.25) is 0 Å². The van der Waals surface area contributed by atoms with Crippen LogP contribution >= 0.6 is 11.8 Å². The lowest BCUT2D eigenvalue weighted by Gasteiger charge is -2.39. The summed E-state index contributed by atoms with van der Waals surface area (Å²) >= 11 is 2.03. The van der Waals surface area contributed by atoms with Gasteiger partial charge in [0, 0.05) is 30.6 Å². The lowest BCUT2D eigenvalue weighted by atomic mass is 9.89. The van der Waals surface area contributed by atoms with Gasteiger partial charge in [-0.15, -0.1) is 0 Å². The highest BCUT2D eigenvalue weighted by Gasteiger charge is 2.40. The van der Waals surface area contributed by atoms with Gasteiger partial charge in [0.15, 0.2) is 0 Å². The van der Waals surface area contributed by atoms with Crippen molar-refractivity contribution in [3.63, 3.8) is 0 Å². The second kappa shape index (κ2) is 5.81. The normalized spacial score (nSPS) is 32.6. The van der Waals surface area contributed by atoms with Crippen LogP contribution < -0.4 is 5.32 Å². The Morgan fingerprint density at radius 1 is 1.53 bits per heavy atom. The van der Waals surface area contributed by atoms with Gasteiger partial charge in [-0.2, -0.15) is 11.8 Å². The zero-order valence-corrected chi connectivity index (χ0v) is 12.3. The highest BCUT2D eigenvalue weighted by molar-refractivity contribution is 7.99. The molecule has 3 rings (SSSR count). The van der Waals surface area contributed by atoms with Crippen LogP contribution in [0.4, 0.5) is 0 Å². The fourth-order valence-electron chi connectivity index (χ4n) is 3.10.